The first-order chi connectivity index (χ1) is 3.81. The van der Waals surface area contributed by atoms with E-state index in [2.05, 4.69) is 3.87 Å². The summed E-state index contributed by atoms with van der Waals surface area (Å²) in [6, 6.07) is 0. The molecule has 0 aliphatic heterocycles. The molecule has 0 aliphatic carbocycles. The van der Waals surface area contributed by atoms with E-state index in [1.54, 1.807) is 0 Å². The molecule has 0 aliphatic rings. The van der Waals surface area contributed by atoms with Gasteiger partial charge in [-0.2, -0.15) is 21.6 Å². The molecule has 0 aromatic heterocycles. The van der Waals surface area contributed by atoms with Gasteiger partial charge in [-0.25, -0.2) is 0 Å². The number of hydrogen-bond acceptors (Lipinski definition) is 3. The third kappa shape index (κ3) is 3.03. The standard InChI is InChI=1S/CH2F3O3SSi.GeH3/c2-1(3,4)8(5,6)7-9;/h9H2;1H3. The molecule has 9 heteroatoms. The second-order valence-electron chi connectivity index (χ2n) is 1.02. The van der Waals surface area contributed by atoms with Crippen molar-refractivity contribution in [3.05, 3.63) is 0 Å². The van der Waals surface area contributed by atoms with Crippen LogP contribution in [0, 0.1) is 0 Å². The molecule has 0 saturated carbocycles. The zero-order chi connectivity index (χ0) is 7.71. The van der Waals surface area contributed by atoms with Gasteiger partial charge >= 0.3 is 33.2 Å². The van der Waals surface area contributed by atoms with Crippen LogP contribution in [0.25, 0.3) is 0 Å². The first-order valence-corrected chi connectivity index (χ1v) is 3.55. The van der Waals surface area contributed by atoms with Crippen molar-refractivity contribution < 1.29 is 25.5 Å². The molecule has 0 saturated heterocycles. The Labute approximate surface area is 69.6 Å². The van der Waals surface area contributed by atoms with Crippen molar-refractivity contribution in [3.63, 3.8) is 0 Å². The van der Waals surface area contributed by atoms with Crippen molar-refractivity contribution in [3.8, 4) is 0 Å². The van der Waals surface area contributed by atoms with Crippen molar-refractivity contribution in [1.29, 1.82) is 0 Å². The Balaban J connectivity index is 0. The van der Waals surface area contributed by atoms with E-state index in [-0.39, 0.29) is 28.1 Å². The van der Waals surface area contributed by atoms with Gasteiger partial charge in [-0.1, -0.05) is 0 Å². The summed E-state index contributed by atoms with van der Waals surface area (Å²) in [6.07, 6.45) is 0. The van der Waals surface area contributed by atoms with Crippen molar-refractivity contribution in [2.75, 3.05) is 0 Å². The van der Waals surface area contributed by atoms with E-state index in [0.29, 0.717) is 0 Å². The Morgan fingerprint density at radius 1 is 1.30 bits per heavy atom. The first kappa shape index (κ1) is 13.1. The topological polar surface area (TPSA) is 43.4 Å². The Kier molecular flexibility index (Phi) is 4.89. The van der Waals surface area contributed by atoms with Gasteiger partial charge in [0.15, 0.2) is 0 Å². The zero-order valence-corrected chi connectivity index (χ0v) is 11.4. The van der Waals surface area contributed by atoms with Gasteiger partial charge in [0.25, 0.3) is 0 Å². The molecule has 3 nitrogen and oxygen atoms in total. The van der Waals surface area contributed by atoms with Gasteiger partial charge in [0.1, 0.15) is 0 Å². The molecule has 0 amide bonds. The predicted molar refractivity (Wildman–Crippen MR) is 34.5 cm³/mol. The number of alkyl halides is 3. The fraction of sp³-hybridized carbons (Fsp3) is 1.00. The summed E-state index contributed by atoms with van der Waals surface area (Å²) in [5, 5.41) is 0. The van der Waals surface area contributed by atoms with Gasteiger partial charge in [-0.05, 0) is 0 Å². The van der Waals surface area contributed by atoms with Crippen molar-refractivity contribution in [2.24, 2.45) is 0 Å². The number of hydrogen-bond donors (Lipinski definition) is 0. The molecule has 2 radical (unpaired) electrons. The first-order valence-electron chi connectivity index (χ1n) is 1.56. The van der Waals surface area contributed by atoms with E-state index >= 15 is 0 Å². The van der Waals surface area contributed by atoms with Crippen LogP contribution in [-0.4, -0.2) is 42.0 Å². The average molecular weight is 255 g/mol. The molecule has 62 valence electrons. The van der Waals surface area contributed by atoms with Crippen LogP contribution in [0.3, 0.4) is 0 Å². The van der Waals surface area contributed by atoms with Gasteiger partial charge in [0.05, 0.1) is 0 Å². The Morgan fingerprint density at radius 3 is 1.60 bits per heavy atom. The third-order valence-electron chi connectivity index (χ3n) is 0.439. The summed E-state index contributed by atoms with van der Waals surface area (Å²) in [4.78, 5) is 0. The maximum atomic E-state index is 11.1. The summed E-state index contributed by atoms with van der Waals surface area (Å²) in [7, 11) is -5.06. The van der Waals surface area contributed by atoms with Gasteiger partial charge in [-0.15, -0.1) is 0 Å². The fourth-order valence-electron chi connectivity index (χ4n) is 0.0668. The molecule has 0 heterocycles. The molecule has 0 unspecified atom stereocenters. The van der Waals surface area contributed by atoms with Crippen LogP contribution in [0.5, 0.6) is 0 Å². The zero-order valence-electron chi connectivity index (χ0n) is 4.97. The van der Waals surface area contributed by atoms with Crippen LogP contribution in [0.15, 0.2) is 0 Å². The Bertz CT molecular complexity index is 184. The average Bonchev–Trinajstić information content (AvgIpc) is 1.64. The Morgan fingerprint density at radius 2 is 1.60 bits per heavy atom. The van der Waals surface area contributed by atoms with Crippen LogP contribution >= 0.6 is 0 Å². The molecule has 0 fully saturated rings. The second-order valence-corrected chi connectivity index (χ2v) is 3.33. The van der Waals surface area contributed by atoms with Crippen LogP contribution in [-0.2, 0) is 14.0 Å². The maximum absolute atomic E-state index is 11.1. The SMILES string of the molecule is O=S(=O)(O[SiH2])C(F)(F)F.[GeH3]. The molecule has 0 spiro atoms. The molecule has 0 bridgehead atoms. The van der Waals surface area contributed by atoms with Crippen molar-refractivity contribution >= 4 is 38.2 Å². The molecular weight excluding hydrogens is 250 g/mol. The van der Waals surface area contributed by atoms with Gasteiger partial charge in [-0.3, -0.25) is 0 Å². The van der Waals surface area contributed by atoms with Gasteiger partial charge in [0.2, 0.25) is 10.5 Å². The summed E-state index contributed by atoms with van der Waals surface area (Å²) in [5.74, 6) is 0. The van der Waals surface area contributed by atoms with E-state index < -0.39 is 15.6 Å². The van der Waals surface area contributed by atoms with E-state index in [4.69, 9.17) is 0 Å². The minimum atomic E-state index is -5.32. The molecule has 0 N–H and O–H groups in total. The van der Waals surface area contributed by atoms with Gasteiger partial charge < -0.3 is 3.87 Å². The van der Waals surface area contributed by atoms with E-state index in [0.717, 1.165) is 0 Å². The van der Waals surface area contributed by atoms with E-state index in [1.807, 2.05) is 0 Å². The number of rotatable bonds is 1. The predicted octanol–water partition coefficient (Wildman–Crippen LogP) is -1.78. The fourth-order valence-corrected chi connectivity index (χ4v) is 0.601. The summed E-state index contributed by atoms with van der Waals surface area (Å²) < 4.78 is 55.9. The summed E-state index contributed by atoms with van der Waals surface area (Å²) in [5.41, 5.74) is -5.30. The van der Waals surface area contributed by atoms with Crippen molar-refractivity contribution in [2.45, 2.75) is 5.51 Å². The monoisotopic (exact) mass is 256 g/mol. The second kappa shape index (κ2) is 3.74. The van der Waals surface area contributed by atoms with Crippen LogP contribution in [0.1, 0.15) is 0 Å². The number of halogens is 3. The minimum absolute atomic E-state index is 0. The van der Waals surface area contributed by atoms with Crippen LogP contribution in [0.4, 0.5) is 13.2 Å². The van der Waals surface area contributed by atoms with Crippen LogP contribution in [0.2, 0.25) is 0 Å². The van der Waals surface area contributed by atoms with Crippen LogP contribution < -0.4 is 0 Å². The summed E-state index contributed by atoms with van der Waals surface area (Å²) >= 11 is 0. The Hall–Kier alpha value is 0.460. The molecule has 10 heavy (non-hydrogen) atoms. The molecule has 0 aromatic rings. The molecular formula is CH5F3GeO3SSi. The third-order valence-corrected chi connectivity index (χ3v) is 2.25. The quantitative estimate of drug-likeness (QED) is 0.411. The van der Waals surface area contributed by atoms with Gasteiger partial charge in [0, 0.05) is 0 Å². The summed E-state index contributed by atoms with van der Waals surface area (Å²) in [6.45, 7) is 0. The van der Waals surface area contributed by atoms with E-state index in [1.165, 1.54) is 0 Å². The normalized spacial score (nSPS) is 12.4. The molecule has 0 aromatic carbocycles. The van der Waals surface area contributed by atoms with Crippen molar-refractivity contribution in [1.82, 2.24) is 0 Å². The molecule has 0 atom stereocenters. The van der Waals surface area contributed by atoms with E-state index in [9.17, 15) is 21.6 Å². The molecule has 0 rings (SSSR count).